The molecule has 0 aromatic rings. The summed E-state index contributed by atoms with van der Waals surface area (Å²) in [5.41, 5.74) is 0. The lowest BCUT2D eigenvalue weighted by atomic mass is 10.2. The summed E-state index contributed by atoms with van der Waals surface area (Å²) in [5, 5.41) is 11.9. The van der Waals surface area contributed by atoms with Gasteiger partial charge in [0, 0.05) is 32.0 Å². The Labute approximate surface area is 92.9 Å². The van der Waals surface area contributed by atoms with Crippen molar-refractivity contribution in [3.8, 4) is 0 Å². The van der Waals surface area contributed by atoms with Crippen molar-refractivity contribution in [3.05, 3.63) is 11.9 Å². The van der Waals surface area contributed by atoms with Crippen molar-refractivity contribution in [1.29, 1.82) is 0 Å². The van der Waals surface area contributed by atoms with E-state index in [1.807, 2.05) is 0 Å². The van der Waals surface area contributed by atoms with Gasteiger partial charge in [-0.1, -0.05) is 6.08 Å². The zero-order valence-corrected chi connectivity index (χ0v) is 9.51. The molecule has 0 aromatic carbocycles. The largest absolute Gasteiger partial charge is 0.480 e. The average Bonchev–Trinajstić information content (AvgIpc) is 2.16. The number of nitrogens with one attached hydrogen (secondary N) is 1. The Morgan fingerprint density at radius 2 is 2.25 bits per heavy atom. The summed E-state index contributed by atoms with van der Waals surface area (Å²) in [5.74, 6) is -0.134. The lowest BCUT2D eigenvalue weighted by Gasteiger charge is -2.32. The Bertz CT molecular complexity index is 326. The summed E-state index contributed by atoms with van der Waals surface area (Å²) in [6.45, 7) is 1.79. The molecule has 1 saturated heterocycles. The van der Waals surface area contributed by atoms with Crippen molar-refractivity contribution in [1.82, 2.24) is 10.2 Å². The van der Waals surface area contributed by atoms with E-state index in [-0.39, 0.29) is 6.54 Å². The van der Waals surface area contributed by atoms with Gasteiger partial charge in [0.25, 0.3) is 0 Å². The molecule has 0 saturated carbocycles. The lowest BCUT2D eigenvalue weighted by molar-refractivity contribution is -0.143. The van der Waals surface area contributed by atoms with E-state index in [0.717, 1.165) is 5.82 Å². The molecule has 0 aromatic heterocycles. The first-order valence-electron chi connectivity index (χ1n) is 4.80. The van der Waals surface area contributed by atoms with Crippen LogP contribution in [0.1, 0.15) is 0 Å². The fraction of sp³-hybridized carbons (Fsp3) is 0.625. The van der Waals surface area contributed by atoms with Gasteiger partial charge < -0.3 is 20.2 Å². The van der Waals surface area contributed by atoms with E-state index in [1.165, 1.54) is 6.08 Å². The van der Waals surface area contributed by atoms with Crippen LogP contribution in [0.25, 0.3) is 0 Å². The molecule has 1 fully saturated rings. The molecule has 7 nitrogen and oxygen atoms in total. The van der Waals surface area contributed by atoms with Gasteiger partial charge in [-0.25, -0.2) is 0 Å². The van der Waals surface area contributed by atoms with Crippen LogP contribution in [0.15, 0.2) is 11.9 Å². The van der Waals surface area contributed by atoms with Gasteiger partial charge in [-0.3, -0.25) is 14.3 Å². The standard InChI is InChI=1S/C8H15N2O5P/c11-8(12)7-6-9-2-4-10(7)3-1-5-16(13,14)15/h1,5,7,9H,2-4,6H2,(H,11,12)(H2,13,14,15). The third-order valence-corrected chi connectivity index (χ3v) is 2.88. The van der Waals surface area contributed by atoms with Crippen LogP contribution in [0.3, 0.4) is 0 Å². The highest BCUT2D eigenvalue weighted by molar-refractivity contribution is 7.55. The third-order valence-electron chi connectivity index (χ3n) is 2.28. The van der Waals surface area contributed by atoms with Crippen molar-refractivity contribution in [2.75, 3.05) is 26.2 Å². The first kappa shape index (κ1) is 13.3. The predicted octanol–water partition coefficient (Wildman–Crippen LogP) is -0.964. The molecule has 16 heavy (non-hydrogen) atoms. The van der Waals surface area contributed by atoms with E-state index in [4.69, 9.17) is 14.9 Å². The summed E-state index contributed by atoms with van der Waals surface area (Å²) < 4.78 is 10.5. The highest BCUT2D eigenvalue weighted by atomic mass is 31.2. The fourth-order valence-corrected chi connectivity index (χ4v) is 1.90. The number of carbonyl (C=O) groups is 1. The molecule has 1 unspecified atom stereocenters. The van der Waals surface area contributed by atoms with Gasteiger partial charge in [-0.2, -0.15) is 0 Å². The molecule has 1 heterocycles. The summed E-state index contributed by atoms with van der Waals surface area (Å²) in [4.78, 5) is 29.7. The maximum Gasteiger partial charge on any atom is 0.348 e. The van der Waals surface area contributed by atoms with Gasteiger partial charge in [-0.05, 0) is 0 Å². The minimum atomic E-state index is -4.15. The van der Waals surface area contributed by atoms with Gasteiger partial charge in [0.1, 0.15) is 6.04 Å². The van der Waals surface area contributed by atoms with E-state index < -0.39 is 19.6 Å². The smallest absolute Gasteiger partial charge is 0.348 e. The molecule has 1 aliphatic heterocycles. The van der Waals surface area contributed by atoms with Gasteiger partial charge >= 0.3 is 13.6 Å². The zero-order chi connectivity index (χ0) is 12.2. The molecule has 1 rings (SSSR count). The SMILES string of the molecule is O=C(O)C1CNCCN1CC=CP(=O)(O)O. The summed E-state index contributed by atoms with van der Waals surface area (Å²) >= 11 is 0. The number of hydrogen-bond donors (Lipinski definition) is 4. The lowest BCUT2D eigenvalue weighted by Crippen LogP contribution is -2.54. The first-order valence-corrected chi connectivity index (χ1v) is 6.49. The van der Waals surface area contributed by atoms with Crippen molar-refractivity contribution in [2.45, 2.75) is 6.04 Å². The quantitative estimate of drug-likeness (QED) is 0.475. The monoisotopic (exact) mass is 250 g/mol. The van der Waals surface area contributed by atoms with E-state index in [9.17, 15) is 9.36 Å². The maximum atomic E-state index is 10.9. The average molecular weight is 250 g/mol. The van der Waals surface area contributed by atoms with Gasteiger partial charge in [0.15, 0.2) is 0 Å². The molecule has 1 aliphatic rings. The number of carboxylic acid groups (broad SMARTS) is 1. The molecule has 8 heteroatoms. The van der Waals surface area contributed by atoms with Crippen LogP contribution >= 0.6 is 7.60 Å². The van der Waals surface area contributed by atoms with Crippen LogP contribution in [0.5, 0.6) is 0 Å². The number of piperazine rings is 1. The Hall–Kier alpha value is -0.720. The fourth-order valence-electron chi connectivity index (χ4n) is 1.53. The van der Waals surface area contributed by atoms with E-state index in [0.29, 0.717) is 19.6 Å². The number of rotatable bonds is 4. The van der Waals surface area contributed by atoms with Crippen LogP contribution in [-0.4, -0.2) is 58.0 Å². The highest BCUT2D eigenvalue weighted by Crippen LogP contribution is 2.35. The second-order valence-corrected chi connectivity index (χ2v) is 5.00. The van der Waals surface area contributed by atoms with Crippen LogP contribution in [0.2, 0.25) is 0 Å². The Kier molecular flexibility index (Phi) is 4.64. The van der Waals surface area contributed by atoms with Gasteiger partial charge in [-0.15, -0.1) is 0 Å². The third kappa shape index (κ3) is 4.42. The van der Waals surface area contributed by atoms with Crippen LogP contribution in [0, 0.1) is 0 Å². The van der Waals surface area contributed by atoms with Crippen molar-refractivity contribution < 1.29 is 24.3 Å². The number of carboxylic acids is 1. The summed E-state index contributed by atoms with van der Waals surface area (Å²) in [6, 6.07) is -0.643. The highest BCUT2D eigenvalue weighted by Gasteiger charge is 2.27. The van der Waals surface area contributed by atoms with E-state index in [2.05, 4.69) is 5.32 Å². The normalized spacial score (nSPS) is 23.8. The minimum absolute atomic E-state index is 0.226. The van der Waals surface area contributed by atoms with Crippen LogP contribution < -0.4 is 5.32 Å². The minimum Gasteiger partial charge on any atom is -0.480 e. The van der Waals surface area contributed by atoms with E-state index in [1.54, 1.807) is 4.90 Å². The van der Waals surface area contributed by atoms with Crippen molar-refractivity contribution in [3.63, 3.8) is 0 Å². The first-order chi connectivity index (χ1) is 7.40. The molecule has 1 atom stereocenters. The van der Waals surface area contributed by atoms with E-state index >= 15 is 0 Å². The van der Waals surface area contributed by atoms with Crippen molar-refractivity contribution in [2.24, 2.45) is 0 Å². The Morgan fingerprint density at radius 3 is 2.81 bits per heavy atom. The predicted molar refractivity (Wildman–Crippen MR) is 57.1 cm³/mol. The molecule has 0 bridgehead atoms. The number of aliphatic carboxylic acids is 1. The van der Waals surface area contributed by atoms with Crippen LogP contribution in [0.4, 0.5) is 0 Å². The van der Waals surface area contributed by atoms with Crippen molar-refractivity contribution >= 4 is 13.6 Å². The zero-order valence-electron chi connectivity index (χ0n) is 8.61. The maximum absolute atomic E-state index is 10.9. The molecule has 0 spiro atoms. The Morgan fingerprint density at radius 1 is 1.56 bits per heavy atom. The topological polar surface area (TPSA) is 110 Å². The van der Waals surface area contributed by atoms with Crippen LogP contribution in [-0.2, 0) is 9.36 Å². The summed E-state index contributed by atoms with van der Waals surface area (Å²) in [6.07, 6.45) is 1.31. The molecule has 92 valence electrons. The molecule has 0 aliphatic carbocycles. The molecular formula is C8H15N2O5P. The molecular weight excluding hydrogens is 235 g/mol. The summed E-state index contributed by atoms with van der Waals surface area (Å²) in [7, 11) is -4.15. The Balaban J connectivity index is 2.54. The molecule has 4 N–H and O–H groups in total. The molecule has 0 radical (unpaired) electrons. The second kappa shape index (κ2) is 5.56. The number of hydrogen-bond acceptors (Lipinski definition) is 4. The second-order valence-electron chi connectivity index (χ2n) is 3.53. The number of nitrogens with zero attached hydrogens (tertiary/aromatic N) is 1. The van der Waals surface area contributed by atoms with Gasteiger partial charge in [0.05, 0.1) is 0 Å². The van der Waals surface area contributed by atoms with Gasteiger partial charge in [0.2, 0.25) is 0 Å². The molecule has 0 amide bonds.